The van der Waals surface area contributed by atoms with Crippen molar-refractivity contribution >= 4 is 16.7 Å². The molecule has 27 heavy (non-hydrogen) atoms. The Bertz CT molecular complexity index is 1020. The van der Waals surface area contributed by atoms with Crippen LogP contribution in [-0.2, 0) is 6.18 Å². The van der Waals surface area contributed by atoms with Crippen molar-refractivity contribution in [1.82, 2.24) is 9.97 Å². The summed E-state index contributed by atoms with van der Waals surface area (Å²) in [6, 6.07) is 8.40. The van der Waals surface area contributed by atoms with Crippen LogP contribution in [0.5, 0.6) is 11.5 Å². The number of hydrogen-bond donors (Lipinski definition) is 1. The molecule has 140 valence electrons. The van der Waals surface area contributed by atoms with Crippen LogP contribution in [0.2, 0.25) is 0 Å². The summed E-state index contributed by atoms with van der Waals surface area (Å²) in [5.74, 6) is 2.27. The molecule has 1 N–H and O–H groups in total. The van der Waals surface area contributed by atoms with Crippen LogP contribution < -0.4 is 14.8 Å². The van der Waals surface area contributed by atoms with E-state index in [4.69, 9.17) is 9.47 Å². The highest BCUT2D eigenvalue weighted by atomic mass is 19.4. The van der Waals surface area contributed by atoms with Crippen molar-refractivity contribution in [3.05, 3.63) is 53.3 Å². The van der Waals surface area contributed by atoms with Crippen LogP contribution in [-0.4, -0.2) is 16.8 Å². The summed E-state index contributed by atoms with van der Waals surface area (Å²) in [4.78, 5) is 8.83. The predicted molar refractivity (Wildman–Crippen MR) is 93.9 cm³/mol. The van der Waals surface area contributed by atoms with Crippen LogP contribution in [0, 0.1) is 6.92 Å². The number of halogens is 3. The van der Waals surface area contributed by atoms with Crippen molar-refractivity contribution < 1.29 is 22.6 Å². The summed E-state index contributed by atoms with van der Waals surface area (Å²) >= 11 is 0. The first-order valence-electron chi connectivity index (χ1n) is 8.33. The summed E-state index contributed by atoms with van der Waals surface area (Å²) in [7, 11) is 0. The van der Waals surface area contributed by atoms with E-state index < -0.39 is 17.8 Å². The van der Waals surface area contributed by atoms with Crippen molar-refractivity contribution in [2.45, 2.75) is 26.1 Å². The second-order valence-electron chi connectivity index (χ2n) is 6.33. The summed E-state index contributed by atoms with van der Waals surface area (Å²) in [6.07, 6.45) is -4.38. The summed E-state index contributed by atoms with van der Waals surface area (Å²) in [6.45, 7) is 3.68. The fraction of sp³-hybridized carbons (Fsp3) is 0.263. The maximum Gasteiger partial charge on any atom is 0.416 e. The maximum atomic E-state index is 13.0. The lowest BCUT2D eigenvalue weighted by Gasteiger charge is -2.18. The van der Waals surface area contributed by atoms with E-state index in [0.717, 1.165) is 12.1 Å². The van der Waals surface area contributed by atoms with Gasteiger partial charge in [0.15, 0.2) is 11.5 Å². The number of ether oxygens (including phenoxy) is 2. The monoisotopic (exact) mass is 375 g/mol. The topological polar surface area (TPSA) is 56.3 Å². The molecule has 0 bridgehead atoms. The highest BCUT2D eigenvalue weighted by Gasteiger charge is 2.30. The van der Waals surface area contributed by atoms with Gasteiger partial charge in [-0.15, -0.1) is 0 Å². The normalized spacial score (nSPS) is 14.4. The predicted octanol–water partition coefficient (Wildman–Crippen LogP) is 4.86. The SMILES string of the molecule is Cc1nc(N[C@H](C)c2cccc(C(F)(F)F)c2)c2cc3c(cc2n1)OCO3. The van der Waals surface area contributed by atoms with Crippen molar-refractivity contribution in [3.8, 4) is 11.5 Å². The summed E-state index contributed by atoms with van der Waals surface area (Å²) < 4.78 is 49.7. The van der Waals surface area contributed by atoms with E-state index in [-0.39, 0.29) is 6.79 Å². The molecule has 0 amide bonds. The number of nitrogens with zero attached hydrogens (tertiary/aromatic N) is 2. The highest BCUT2D eigenvalue weighted by Crippen LogP contribution is 2.38. The van der Waals surface area contributed by atoms with Gasteiger partial charge in [0.1, 0.15) is 11.6 Å². The standard InChI is InChI=1S/C19H16F3N3O2/c1-10(12-4-3-5-13(6-12)19(20,21)22)23-18-14-7-16-17(27-9-26-16)8-15(14)24-11(2)25-18/h3-8,10H,9H2,1-2H3,(H,23,24,25)/t10-/m1/s1. The number of benzene rings is 2. The van der Waals surface area contributed by atoms with Crippen molar-refractivity contribution in [3.63, 3.8) is 0 Å². The lowest BCUT2D eigenvalue weighted by Crippen LogP contribution is -2.11. The molecule has 0 fully saturated rings. The van der Waals surface area contributed by atoms with E-state index in [1.54, 1.807) is 32.0 Å². The average Bonchev–Trinajstić information content (AvgIpc) is 3.06. The Morgan fingerprint density at radius 3 is 2.56 bits per heavy atom. The van der Waals surface area contributed by atoms with Gasteiger partial charge in [-0.3, -0.25) is 0 Å². The lowest BCUT2D eigenvalue weighted by molar-refractivity contribution is -0.137. The Morgan fingerprint density at radius 1 is 1.07 bits per heavy atom. The van der Waals surface area contributed by atoms with Crippen LogP contribution in [0.4, 0.5) is 19.0 Å². The van der Waals surface area contributed by atoms with Gasteiger partial charge in [-0.25, -0.2) is 9.97 Å². The van der Waals surface area contributed by atoms with Gasteiger partial charge in [0.2, 0.25) is 6.79 Å². The fourth-order valence-corrected chi connectivity index (χ4v) is 3.02. The van der Waals surface area contributed by atoms with Crippen molar-refractivity contribution in [2.24, 2.45) is 0 Å². The quantitative estimate of drug-likeness (QED) is 0.709. The number of nitrogens with one attached hydrogen (secondary N) is 1. The summed E-state index contributed by atoms with van der Waals surface area (Å²) in [5.41, 5.74) is 0.501. The van der Waals surface area contributed by atoms with Gasteiger partial charge in [-0.2, -0.15) is 13.2 Å². The van der Waals surface area contributed by atoms with E-state index in [0.29, 0.717) is 39.6 Å². The molecule has 8 heteroatoms. The van der Waals surface area contributed by atoms with Gasteiger partial charge in [0.25, 0.3) is 0 Å². The molecule has 0 saturated heterocycles. The Kier molecular flexibility index (Phi) is 4.05. The number of aryl methyl sites for hydroxylation is 1. The Hall–Kier alpha value is -3.03. The van der Waals surface area contributed by atoms with E-state index in [1.807, 2.05) is 0 Å². The third-order valence-corrected chi connectivity index (χ3v) is 4.37. The first-order valence-corrected chi connectivity index (χ1v) is 8.33. The van der Waals surface area contributed by atoms with Gasteiger partial charge in [-0.1, -0.05) is 12.1 Å². The first-order chi connectivity index (χ1) is 12.8. The molecule has 1 atom stereocenters. The smallest absolute Gasteiger partial charge is 0.416 e. The molecule has 1 aliphatic rings. The molecule has 5 nitrogen and oxygen atoms in total. The molecular formula is C19H16F3N3O2. The second kappa shape index (κ2) is 6.29. The zero-order valence-corrected chi connectivity index (χ0v) is 14.6. The van der Waals surface area contributed by atoms with Gasteiger partial charge in [0.05, 0.1) is 11.1 Å². The Labute approximate surface area is 153 Å². The molecule has 3 aromatic rings. The molecule has 0 aliphatic carbocycles. The molecular weight excluding hydrogens is 359 g/mol. The van der Waals surface area contributed by atoms with Gasteiger partial charge in [-0.05, 0) is 37.6 Å². The maximum absolute atomic E-state index is 13.0. The van der Waals surface area contributed by atoms with Crippen LogP contribution in [0.25, 0.3) is 10.9 Å². The van der Waals surface area contributed by atoms with Gasteiger partial charge < -0.3 is 14.8 Å². The van der Waals surface area contributed by atoms with E-state index in [2.05, 4.69) is 15.3 Å². The molecule has 1 aromatic heterocycles. The number of aromatic nitrogens is 2. The van der Waals surface area contributed by atoms with Crippen molar-refractivity contribution in [1.29, 1.82) is 0 Å². The zero-order chi connectivity index (χ0) is 19.2. The molecule has 4 rings (SSSR count). The molecule has 1 aliphatic heterocycles. The molecule has 0 unspecified atom stereocenters. The molecule has 0 saturated carbocycles. The number of hydrogen-bond acceptors (Lipinski definition) is 5. The molecule has 0 radical (unpaired) electrons. The minimum absolute atomic E-state index is 0.140. The van der Waals surface area contributed by atoms with Crippen LogP contribution in [0.1, 0.15) is 29.9 Å². The largest absolute Gasteiger partial charge is 0.454 e. The third-order valence-electron chi connectivity index (χ3n) is 4.37. The van der Waals surface area contributed by atoms with Crippen LogP contribution in [0.3, 0.4) is 0 Å². The molecule has 2 aromatic carbocycles. The number of anilines is 1. The third kappa shape index (κ3) is 3.34. The Morgan fingerprint density at radius 2 is 1.81 bits per heavy atom. The average molecular weight is 375 g/mol. The van der Waals surface area contributed by atoms with E-state index in [9.17, 15) is 13.2 Å². The number of fused-ring (bicyclic) bond motifs is 2. The Balaban J connectivity index is 1.71. The van der Waals surface area contributed by atoms with E-state index in [1.165, 1.54) is 6.07 Å². The summed E-state index contributed by atoms with van der Waals surface area (Å²) in [5, 5.41) is 3.91. The fourth-order valence-electron chi connectivity index (χ4n) is 3.02. The van der Waals surface area contributed by atoms with Crippen LogP contribution >= 0.6 is 0 Å². The molecule has 2 heterocycles. The van der Waals surface area contributed by atoms with Crippen molar-refractivity contribution in [2.75, 3.05) is 12.1 Å². The van der Waals surface area contributed by atoms with Gasteiger partial charge >= 0.3 is 6.18 Å². The lowest BCUT2D eigenvalue weighted by atomic mass is 10.0. The zero-order valence-electron chi connectivity index (χ0n) is 14.6. The second-order valence-corrected chi connectivity index (χ2v) is 6.33. The first kappa shape index (κ1) is 17.4. The molecule has 0 spiro atoms. The highest BCUT2D eigenvalue weighted by molar-refractivity contribution is 5.92. The minimum atomic E-state index is -4.38. The number of alkyl halides is 3. The van der Waals surface area contributed by atoms with E-state index >= 15 is 0 Å². The minimum Gasteiger partial charge on any atom is -0.454 e. The van der Waals surface area contributed by atoms with Gasteiger partial charge in [0, 0.05) is 17.5 Å². The van der Waals surface area contributed by atoms with Crippen LogP contribution in [0.15, 0.2) is 36.4 Å². The number of rotatable bonds is 3.